The molecule has 1 aromatic rings. The normalized spacial score (nSPS) is 11.1. The van der Waals surface area contributed by atoms with Gasteiger partial charge in [0.15, 0.2) is 0 Å². The molecule has 0 aliphatic carbocycles. The Bertz CT molecular complexity index is 317. The van der Waals surface area contributed by atoms with Crippen LogP contribution in [0, 0.1) is 5.41 Å². The molecule has 1 aromatic carbocycles. The highest BCUT2D eigenvalue weighted by molar-refractivity contribution is 5.81. The van der Waals surface area contributed by atoms with E-state index in [4.69, 9.17) is 0 Å². The Kier molecular flexibility index (Phi) is 3.89. The van der Waals surface area contributed by atoms with Crippen LogP contribution in [0.15, 0.2) is 30.3 Å². The van der Waals surface area contributed by atoms with Crippen molar-refractivity contribution in [1.29, 1.82) is 0 Å². The second-order valence-corrected chi connectivity index (χ2v) is 4.41. The summed E-state index contributed by atoms with van der Waals surface area (Å²) in [7, 11) is 0. The summed E-state index contributed by atoms with van der Waals surface area (Å²) in [6, 6.07) is 9.96. The number of nitrogens with one attached hydrogen (secondary N) is 1. The number of hydrogen-bond donors (Lipinski definition) is 1. The minimum Gasteiger partial charge on any atom is -0.352 e. The van der Waals surface area contributed by atoms with Crippen LogP contribution in [0.3, 0.4) is 0 Å². The summed E-state index contributed by atoms with van der Waals surface area (Å²) in [6.07, 6.45) is 0.855. The zero-order valence-electron chi connectivity index (χ0n) is 9.71. The first-order chi connectivity index (χ1) is 7.06. The molecule has 0 aromatic heterocycles. The molecule has 0 atom stereocenters. The molecule has 1 rings (SSSR count). The van der Waals surface area contributed by atoms with Crippen molar-refractivity contribution in [2.75, 3.05) is 0 Å². The maximum absolute atomic E-state index is 11.8. The Morgan fingerprint density at radius 2 is 1.87 bits per heavy atom. The van der Waals surface area contributed by atoms with Gasteiger partial charge in [0.25, 0.3) is 0 Å². The van der Waals surface area contributed by atoms with Gasteiger partial charge in [-0.1, -0.05) is 51.1 Å². The van der Waals surface area contributed by atoms with Gasteiger partial charge in [-0.05, 0) is 12.0 Å². The molecule has 0 saturated carbocycles. The van der Waals surface area contributed by atoms with E-state index in [2.05, 4.69) is 5.32 Å². The summed E-state index contributed by atoms with van der Waals surface area (Å²) in [4.78, 5) is 11.8. The van der Waals surface area contributed by atoms with Gasteiger partial charge in [-0.25, -0.2) is 0 Å². The smallest absolute Gasteiger partial charge is 0.225 e. The summed E-state index contributed by atoms with van der Waals surface area (Å²) in [5, 5.41) is 2.95. The van der Waals surface area contributed by atoms with Crippen LogP contribution < -0.4 is 5.32 Å². The van der Waals surface area contributed by atoms with Crippen LogP contribution in [0.25, 0.3) is 0 Å². The van der Waals surface area contributed by atoms with Crippen molar-refractivity contribution in [1.82, 2.24) is 5.32 Å². The number of amides is 1. The Balaban J connectivity index is 2.48. The first-order valence-corrected chi connectivity index (χ1v) is 5.38. The minimum atomic E-state index is -0.269. The van der Waals surface area contributed by atoms with Crippen LogP contribution in [0.5, 0.6) is 0 Å². The van der Waals surface area contributed by atoms with E-state index in [0.29, 0.717) is 6.54 Å². The molecule has 0 aliphatic rings. The van der Waals surface area contributed by atoms with E-state index in [1.807, 2.05) is 51.1 Å². The largest absolute Gasteiger partial charge is 0.352 e. The molecular formula is C13H19NO. The van der Waals surface area contributed by atoms with Crippen LogP contribution in [0.2, 0.25) is 0 Å². The Morgan fingerprint density at radius 3 is 2.40 bits per heavy atom. The second kappa shape index (κ2) is 4.96. The summed E-state index contributed by atoms with van der Waals surface area (Å²) in [5.41, 5.74) is 0.868. The van der Waals surface area contributed by atoms with Crippen LogP contribution in [-0.2, 0) is 11.3 Å². The van der Waals surface area contributed by atoms with Crippen LogP contribution in [0.4, 0.5) is 0 Å². The van der Waals surface area contributed by atoms with Crippen molar-refractivity contribution in [2.24, 2.45) is 5.41 Å². The molecule has 0 aliphatic heterocycles. The fourth-order valence-electron chi connectivity index (χ4n) is 1.18. The summed E-state index contributed by atoms with van der Waals surface area (Å²) >= 11 is 0. The van der Waals surface area contributed by atoms with E-state index in [1.54, 1.807) is 0 Å². The van der Waals surface area contributed by atoms with E-state index >= 15 is 0 Å². The molecule has 1 amide bonds. The number of carbonyl (C=O) groups excluding carboxylic acids is 1. The average molecular weight is 205 g/mol. The zero-order chi connectivity index (χ0) is 11.3. The third kappa shape index (κ3) is 3.39. The maximum atomic E-state index is 11.8. The summed E-state index contributed by atoms with van der Waals surface area (Å²) < 4.78 is 0. The highest BCUT2D eigenvalue weighted by Crippen LogP contribution is 2.19. The Labute approximate surface area is 91.7 Å². The second-order valence-electron chi connectivity index (χ2n) is 4.41. The maximum Gasteiger partial charge on any atom is 0.225 e. The van der Waals surface area contributed by atoms with E-state index in [1.165, 1.54) is 0 Å². The first-order valence-electron chi connectivity index (χ1n) is 5.38. The quantitative estimate of drug-likeness (QED) is 0.804. The van der Waals surface area contributed by atoms with Gasteiger partial charge < -0.3 is 5.32 Å². The van der Waals surface area contributed by atoms with Gasteiger partial charge in [0.05, 0.1) is 0 Å². The molecule has 82 valence electrons. The number of benzene rings is 1. The molecule has 0 heterocycles. The van der Waals surface area contributed by atoms with Gasteiger partial charge in [0.2, 0.25) is 5.91 Å². The minimum absolute atomic E-state index is 0.119. The number of carbonyl (C=O) groups is 1. The lowest BCUT2D eigenvalue weighted by Gasteiger charge is -2.21. The highest BCUT2D eigenvalue weighted by atomic mass is 16.2. The molecule has 1 N–H and O–H groups in total. The van der Waals surface area contributed by atoms with Crippen molar-refractivity contribution in [3.05, 3.63) is 35.9 Å². The van der Waals surface area contributed by atoms with Crippen molar-refractivity contribution < 1.29 is 4.79 Å². The molecular weight excluding hydrogens is 186 g/mol. The zero-order valence-corrected chi connectivity index (χ0v) is 9.71. The van der Waals surface area contributed by atoms with E-state index in [-0.39, 0.29) is 11.3 Å². The van der Waals surface area contributed by atoms with E-state index < -0.39 is 0 Å². The summed E-state index contributed by atoms with van der Waals surface area (Å²) in [6.45, 7) is 6.58. The molecule has 0 bridgehead atoms. The average Bonchev–Trinajstić information content (AvgIpc) is 2.27. The molecule has 2 heteroatoms. The van der Waals surface area contributed by atoms with Crippen molar-refractivity contribution in [3.63, 3.8) is 0 Å². The van der Waals surface area contributed by atoms with Gasteiger partial charge in [-0.2, -0.15) is 0 Å². The number of hydrogen-bond acceptors (Lipinski definition) is 1. The molecule has 0 fully saturated rings. The SMILES string of the molecule is CCC(C)(C)C(=O)NCc1ccccc1. The van der Waals surface area contributed by atoms with Crippen LogP contribution in [0.1, 0.15) is 32.8 Å². The Hall–Kier alpha value is -1.31. The number of rotatable bonds is 4. The van der Waals surface area contributed by atoms with E-state index in [0.717, 1.165) is 12.0 Å². The molecule has 0 spiro atoms. The predicted octanol–water partition coefficient (Wildman–Crippen LogP) is 2.74. The predicted molar refractivity (Wildman–Crippen MR) is 62.4 cm³/mol. The van der Waals surface area contributed by atoms with Crippen LogP contribution >= 0.6 is 0 Å². The Morgan fingerprint density at radius 1 is 1.27 bits per heavy atom. The van der Waals surface area contributed by atoms with Gasteiger partial charge in [0, 0.05) is 12.0 Å². The molecule has 0 saturated heterocycles. The van der Waals surface area contributed by atoms with Crippen molar-refractivity contribution in [2.45, 2.75) is 33.7 Å². The van der Waals surface area contributed by atoms with Crippen LogP contribution in [-0.4, -0.2) is 5.91 Å². The molecule has 0 radical (unpaired) electrons. The van der Waals surface area contributed by atoms with Gasteiger partial charge in [-0.15, -0.1) is 0 Å². The fourth-order valence-corrected chi connectivity index (χ4v) is 1.18. The van der Waals surface area contributed by atoms with Crippen molar-refractivity contribution >= 4 is 5.91 Å². The lowest BCUT2D eigenvalue weighted by molar-refractivity contribution is -0.129. The lowest BCUT2D eigenvalue weighted by atomic mass is 9.89. The van der Waals surface area contributed by atoms with E-state index in [9.17, 15) is 4.79 Å². The lowest BCUT2D eigenvalue weighted by Crippen LogP contribution is -2.35. The van der Waals surface area contributed by atoms with Gasteiger partial charge in [-0.3, -0.25) is 4.79 Å². The highest BCUT2D eigenvalue weighted by Gasteiger charge is 2.24. The standard InChI is InChI=1S/C13H19NO/c1-4-13(2,3)12(15)14-10-11-8-6-5-7-9-11/h5-9H,4,10H2,1-3H3,(H,14,15). The molecule has 15 heavy (non-hydrogen) atoms. The fraction of sp³-hybridized carbons (Fsp3) is 0.462. The van der Waals surface area contributed by atoms with Crippen molar-refractivity contribution in [3.8, 4) is 0 Å². The molecule has 0 unspecified atom stereocenters. The first kappa shape index (κ1) is 11.8. The van der Waals surface area contributed by atoms with Gasteiger partial charge in [0.1, 0.15) is 0 Å². The third-order valence-corrected chi connectivity index (χ3v) is 2.79. The molecule has 2 nitrogen and oxygen atoms in total. The third-order valence-electron chi connectivity index (χ3n) is 2.79. The van der Waals surface area contributed by atoms with Gasteiger partial charge >= 0.3 is 0 Å². The topological polar surface area (TPSA) is 29.1 Å². The summed E-state index contributed by atoms with van der Waals surface area (Å²) in [5.74, 6) is 0.119. The monoisotopic (exact) mass is 205 g/mol.